The number of hydrogen-bond donors (Lipinski definition) is 4. The molecule has 3 atom stereocenters. The molecule has 14 nitrogen and oxygen atoms in total. The van der Waals surface area contributed by atoms with Crippen molar-refractivity contribution in [3.05, 3.63) is 125 Å². The van der Waals surface area contributed by atoms with Gasteiger partial charge in [0.05, 0.1) is 29.7 Å². The molecular formula is C39H40ClN7O7S. The van der Waals surface area contributed by atoms with E-state index >= 15 is 0 Å². The Labute approximate surface area is 322 Å². The number of amides is 2. The highest BCUT2D eigenvalue weighted by atomic mass is 35.5. The number of ether oxygens (including phenoxy) is 1. The van der Waals surface area contributed by atoms with Crippen LogP contribution in [0, 0.1) is 0 Å². The number of likely N-dealkylation sites (tertiary alicyclic amines) is 1. The number of nitrogens with one attached hydrogen (secondary N) is 2. The molecule has 2 amide bonds. The third-order valence-corrected chi connectivity index (χ3v) is 10.8. The van der Waals surface area contributed by atoms with Crippen LogP contribution in [-0.2, 0) is 43.8 Å². The van der Waals surface area contributed by atoms with E-state index < -0.39 is 39.9 Å². The first-order valence-corrected chi connectivity index (χ1v) is 19.4. The third kappa shape index (κ3) is 9.93. The Hall–Kier alpha value is -5.61. The van der Waals surface area contributed by atoms with Crippen molar-refractivity contribution in [2.75, 3.05) is 13.1 Å². The molecule has 4 aromatic carbocycles. The second-order valence-electron chi connectivity index (χ2n) is 13.0. The summed E-state index contributed by atoms with van der Waals surface area (Å²) in [6.07, 6.45) is -0.410. The van der Waals surface area contributed by atoms with Gasteiger partial charge in [0.2, 0.25) is 27.6 Å². The molecule has 1 aliphatic heterocycles. The largest absolute Gasteiger partial charge is 0.434 e. The van der Waals surface area contributed by atoms with Crippen LogP contribution in [-0.4, -0.2) is 73.1 Å². The van der Waals surface area contributed by atoms with Crippen LogP contribution in [0.4, 0.5) is 5.69 Å². The van der Waals surface area contributed by atoms with E-state index in [1.165, 1.54) is 17.0 Å². The Balaban J connectivity index is 1.25. The lowest BCUT2D eigenvalue weighted by Gasteiger charge is -2.26. The van der Waals surface area contributed by atoms with Crippen LogP contribution >= 0.6 is 11.6 Å². The number of aromatic nitrogens is 1. The highest BCUT2D eigenvalue weighted by Gasteiger charge is 2.41. The van der Waals surface area contributed by atoms with Crippen LogP contribution in [0.2, 0.25) is 5.02 Å². The Morgan fingerprint density at radius 3 is 2.31 bits per heavy atom. The van der Waals surface area contributed by atoms with Crippen molar-refractivity contribution in [1.29, 1.82) is 0 Å². The van der Waals surface area contributed by atoms with Gasteiger partial charge in [0, 0.05) is 31.0 Å². The molecule has 6 N–H and O–H groups in total. The summed E-state index contributed by atoms with van der Waals surface area (Å²) in [5, 5.41) is 3.47. The number of oxazole rings is 1. The lowest BCUT2D eigenvalue weighted by molar-refractivity contribution is -0.138. The van der Waals surface area contributed by atoms with Crippen molar-refractivity contribution < 1.29 is 32.0 Å². The second kappa shape index (κ2) is 17.2. The minimum absolute atomic E-state index is 0.0602. The number of halogens is 1. The number of carbonyl (C=O) groups is 3. The van der Waals surface area contributed by atoms with Crippen molar-refractivity contribution in [3.63, 3.8) is 0 Å². The molecule has 1 aromatic heterocycles. The SMILES string of the molecule is CCNS(=O)(=O)c1ccc(CC(=O)N2C[C@H](OCc3ccc(Cl)cc3)C[C@H]2C(=O)N[C@@H](Cc2ccc(N=C(N)N)cc2)C(=O)c2nc3ccccc3o2)cc1. The Bertz CT molecular complexity index is 2260. The number of nitrogens with zero attached hydrogens (tertiary/aromatic N) is 3. The molecule has 0 saturated carbocycles. The van der Waals surface area contributed by atoms with E-state index in [4.69, 9.17) is 32.2 Å². The number of hydrogen-bond acceptors (Lipinski definition) is 9. The highest BCUT2D eigenvalue weighted by molar-refractivity contribution is 7.89. The van der Waals surface area contributed by atoms with Crippen LogP contribution in [0.15, 0.2) is 111 Å². The minimum atomic E-state index is -3.68. The van der Waals surface area contributed by atoms with Crippen LogP contribution in [0.5, 0.6) is 0 Å². The smallest absolute Gasteiger partial charge is 0.266 e. The molecule has 0 aliphatic carbocycles. The zero-order valence-corrected chi connectivity index (χ0v) is 31.4. The van der Waals surface area contributed by atoms with E-state index in [1.54, 1.807) is 79.7 Å². The molecule has 6 rings (SSSR count). The Morgan fingerprint density at radius 2 is 1.64 bits per heavy atom. The van der Waals surface area contributed by atoms with Crippen LogP contribution in [0.3, 0.4) is 0 Å². The van der Waals surface area contributed by atoms with Crippen molar-refractivity contribution in [3.8, 4) is 0 Å². The zero-order valence-electron chi connectivity index (χ0n) is 29.9. The van der Waals surface area contributed by atoms with E-state index in [1.807, 2.05) is 12.1 Å². The standard InChI is InChI=1S/C39H40ClN7O7S/c1-2-43-55(51,52)30-17-11-25(12-18-30)20-35(48)47-22-29(53-23-26-7-13-27(40)14-8-26)21-33(47)37(50)45-32(19-24-9-15-28(16-10-24)44-39(41)42)36(49)38-46-31-5-3-4-6-34(31)54-38/h3-18,29,32-33,43H,2,19-23H2,1H3,(H,45,50)(H4,41,42,44)/t29-,32+,33+/m1/s1. The average molecular weight is 786 g/mol. The van der Waals surface area contributed by atoms with Gasteiger partial charge in [-0.25, -0.2) is 23.1 Å². The van der Waals surface area contributed by atoms with Gasteiger partial charge in [-0.15, -0.1) is 0 Å². The number of rotatable bonds is 15. The minimum Gasteiger partial charge on any atom is -0.434 e. The fraction of sp³-hybridized carbons (Fsp3) is 0.256. The van der Waals surface area contributed by atoms with Gasteiger partial charge in [-0.3, -0.25) is 14.4 Å². The van der Waals surface area contributed by atoms with Crippen molar-refractivity contribution in [1.82, 2.24) is 19.9 Å². The zero-order chi connectivity index (χ0) is 39.1. The normalized spacial score (nSPS) is 16.1. The van der Waals surface area contributed by atoms with Gasteiger partial charge in [-0.1, -0.05) is 67.1 Å². The molecule has 2 heterocycles. The van der Waals surface area contributed by atoms with Gasteiger partial charge >= 0.3 is 0 Å². The number of para-hydroxylation sites is 2. The molecule has 0 spiro atoms. The van der Waals surface area contributed by atoms with E-state index in [2.05, 4.69) is 20.0 Å². The van der Waals surface area contributed by atoms with E-state index in [0.29, 0.717) is 32.9 Å². The van der Waals surface area contributed by atoms with Crippen LogP contribution in [0.25, 0.3) is 11.1 Å². The predicted octanol–water partition coefficient (Wildman–Crippen LogP) is 4.02. The van der Waals surface area contributed by atoms with Crippen molar-refractivity contribution in [2.24, 2.45) is 16.5 Å². The third-order valence-electron chi connectivity index (χ3n) is 8.98. The van der Waals surface area contributed by atoms with Crippen molar-refractivity contribution >= 4 is 62.0 Å². The molecule has 1 aliphatic rings. The second-order valence-corrected chi connectivity index (χ2v) is 15.2. The number of sulfonamides is 1. The lowest BCUT2D eigenvalue weighted by Crippen LogP contribution is -2.51. The molecule has 55 heavy (non-hydrogen) atoms. The van der Waals surface area contributed by atoms with Gasteiger partial charge in [-0.2, -0.15) is 0 Å². The summed E-state index contributed by atoms with van der Waals surface area (Å²) >= 11 is 6.05. The maximum absolute atomic E-state index is 14.3. The lowest BCUT2D eigenvalue weighted by atomic mass is 10.0. The van der Waals surface area contributed by atoms with E-state index in [0.717, 1.165) is 5.56 Å². The average Bonchev–Trinajstić information content (AvgIpc) is 3.80. The molecule has 1 saturated heterocycles. The van der Waals surface area contributed by atoms with Crippen molar-refractivity contribution in [2.45, 2.75) is 55.9 Å². The number of carbonyl (C=O) groups excluding carboxylic acids is 3. The summed E-state index contributed by atoms with van der Waals surface area (Å²) in [6.45, 7) is 2.23. The summed E-state index contributed by atoms with van der Waals surface area (Å²) < 4.78 is 39.3. The van der Waals surface area contributed by atoms with Crippen LogP contribution in [0.1, 0.15) is 40.7 Å². The summed E-state index contributed by atoms with van der Waals surface area (Å²) in [5.74, 6) is -1.78. The molecule has 5 aromatic rings. The number of guanidine groups is 1. The fourth-order valence-corrected chi connectivity index (χ4v) is 7.44. The topological polar surface area (TPSA) is 212 Å². The summed E-state index contributed by atoms with van der Waals surface area (Å²) in [5.41, 5.74) is 14.5. The highest BCUT2D eigenvalue weighted by Crippen LogP contribution is 2.25. The molecule has 286 valence electrons. The predicted molar refractivity (Wildman–Crippen MR) is 207 cm³/mol. The van der Waals surface area contributed by atoms with Gasteiger partial charge in [-0.05, 0) is 65.2 Å². The maximum atomic E-state index is 14.3. The number of ketones is 1. The number of aliphatic imine (C=N–C) groups is 1. The molecular weight excluding hydrogens is 746 g/mol. The van der Waals surface area contributed by atoms with Gasteiger partial charge in [0.1, 0.15) is 17.6 Å². The van der Waals surface area contributed by atoms with Gasteiger partial charge in [0.25, 0.3) is 5.89 Å². The van der Waals surface area contributed by atoms with Crippen LogP contribution < -0.4 is 21.5 Å². The molecule has 0 radical (unpaired) electrons. The van der Waals surface area contributed by atoms with E-state index in [9.17, 15) is 22.8 Å². The summed E-state index contributed by atoms with van der Waals surface area (Å²) in [7, 11) is -3.68. The molecule has 0 bridgehead atoms. The summed E-state index contributed by atoms with van der Waals surface area (Å²) in [4.78, 5) is 52.2. The first-order chi connectivity index (χ1) is 26.4. The number of benzene rings is 4. The van der Waals surface area contributed by atoms with Gasteiger partial charge < -0.3 is 30.8 Å². The molecule has 1 fully saturated rings. The fourth-order valence-electron chi connectivity index (χ4n) is 6.27. The first kappa shape index (κ1) is 39.1. The first-order valence-electron chi connectivity index (χ1n) is 17.5. The molecule has 16 heteroatoms. The molecule has 0 unspecified atom stereocenters. The van der Waals surface area contributed by atoms with Gasteiger partial charge in [0.15, 0.2) is 11.5 Å². The monoisotopic (exact) mass is 785 g/mol. The Kier molecular flexibility index (Phi) is 12.3. The number of fused-ring (bicyclic) bond motifs is 1. The summed E-state index contributed by atoms with van der Waals surface area (Å²) in [6, 6.07) is 24.8. The Morgan fingerprint density at radius 1 is 0.964 bits per heavy atom. The number of Topliss-reactive ketones (excluding diaryl/α,β-unsaturated/α-hetero) is 1. The quantitative estimate of drug-likeness (QED) is 0.0680. The maximum Gasteiger partial charge on any atom is 0.266 e. The van der Waals surface area contributed by atoms with E-state index in [-0.39, 0.29) is 61.6 Å². The number of nitrogens with two attached hydrogens (primary N) is 2.